The number of imidazole rings is 2. The summed E-state index contributed by atoms with van der Waals surface area (Å²) in [6.07, 6.45) is 2.42. The molecule has 0 spiro atoms. The summed E-state index contributed by atoms with van der Waals surface area (Å²) < 4.78 is 17.1. The minimum atomic E-state index is -1.47. The minimum Gasteiger partial charge on any atom is -0.396 e. The van der Waals surface area contributed by atoms with Gasteiger partial charge in [0.15, 0.2) is 22.9 Å². The summed E-state index contributed by atoms with van der Waals surface area (Å²) in [7, 11) is 0. The van der Waals surface area contributed by atoms with Gasteiger partial charge in [-0.15, -0.1) is 0 Å². The molecular weight excluding hydrogens is 531 g/mol. The number of hydrogen-bond acceptors (Lipinski definition) is 14. The molecule has 0 aromatic carbocycles. The number of halogens is 1. The highest BCUT2D eigenvalue weighted by molar-refractivity contribution is 5.82. The number of nitrogens with zero attached hydrogens (tertiary/aromatic N) is 8. The van der Waals surface area contributed by atoms with Crippen LogP contribution >= 0.6 is 0 Å². The molecular formula is C23H27FN10O6. The van der Waals surface area contributed by atoms with E-state index >= 15 is 0 Å². The summed E-state index contributed by atoms with van der Waals surface area (Å²) in [5.41, 5.74) is 13.2. The van der Waals surface area contributed by atoms with Crippen LogP contribution in [0.5, 0.6) is 0 Å². The molecule has 6 rings (SSSR count). The van der Waals surface area contributed by atoms with Crippen LogP contribution in [0.1, 0.15) is 18.5 Å². The Hall–Kier alpha value is -4.13. The Bertz CT molecular complexity index is 1610. The highest BCUT2D eigenvalue weighted by Gasteiger charge is 2.43. The topological polar surface area (TPSA) is 261 Å². The van der Waals surface area contributed by atoms with Crippen LogP contribution in [-0.2, 0) is 0 Å². The number of nitrogen functional groups attached to an aromatic ring is 2. The Kier molecular flexibility index (Phi) is 7.41. The molecule has 2 aliphatic rings. The van der Waals surface area contributed by atoms with E-state index in [4.69, 9.17) is 21.7 Å². The SMILES string of the molecule is Nc1ncnc2c1ncn2C1C(F)=C(CO)C(O)C1O.Nc1ncnc2c1ncn2C1C=C(CCO)C(O)C1O. The smallest absolute Gasteiger partial charge is 0.166 e. The van der Waals surface area contributed by atoms with E-state index in [0.717, 1.165) is 0 Å². The van der Waals surface area contributed by atoms with Crippen LogP contribution in [0.25, 0.3) is 22.3 Å². The second-order valence-corrected chi connectivity index (χ2v) is 9.22. The van der Waals surface area contributed by atoms with E-state index in [1.54, 1.807) is 10.6 Å². The minimum absolute atomic E-state index is 0.0812. The fourth-order valence-electron chi connectivity index (χ4n) is 4.91. The fraction of sp³-hybridized carbons (Fsp3) is 0.391. The van der Waals surface area contributed by atoms with Gasteiger partial charge in [-0.2, -0.15) is 0 Å². The van der Waals surface area contributed by atoms with E-state index in [2.05, 4.69) is 29.9 Å². The van der Waals surface area contributed by atoms with Gasteiger partial charge < -0.3 is 51.2 Å². The third-order valence-electron chi connectivity index (χ3n) is 6.97. The Morgan fingerprint density at radius 2 is 1.35 bits per heavy atom. The fourth-order valence-corrected chi connectivity index (χ4v) is 4.91. The largest absolute Gasteiger partial charge is 0.396 e. The number of rotatable bonds is 5. The highest BCUT2D eigenvalue weighted by Crippen LogP contribution is 2.38. The number of aliphatic hydroxyl groups excluding tert-OH is 6. The van der Waals surface area contributed by atoms with Crippen LogP contribution in [0.3, 0.4) is 0 Å². The van der Waals surface area contributed by atoms with Crippen molar-refractivity contribution in [3.8, 4) is 0 Å². The molecule has 6 atom stereocenters. The maximum atomic E-state index is 14.2. The zero-order valence-corrected chi connectivity index (χ0v) is 20.8. The summed E-state index contributed by atoms with van der Waals surface area (Å²) in [5, 5.41) is 57.8. The number of nitrogens with two attached hydrogens (primary N) is 2. The summed E-state index contributed by atoms with van der Waals surface area (Å²) in [5.74, 6) is -0.404. The molecule has 0 fully saturated rings. The first-order valence-corrected chi connectivity index (χ1v) is 12.1. The zero-order valence-electron chi connectivity index (χ0n) is 20.8. The standard InChI is InChI=1S/C12H15N5O3.C11H12FN5O3/c13-11-8-12(15-4-14-11)17(5-16-8)7-3-6(1-2-18)9(19)10(7)20;12-5-4(1-18)8(19)9(20)7(5)17-3-16-6-10(13)14-2-15-11(6)17/h3-5,7,9-10,18-20H,1-2H2,(H2,13,14,15);2-3,7-9,18-20H,1H2,(H2,13,14,15). The molecule has 212 valence electrons. The lowest BCUT2D eigenvalue weighted by Crippen LogP contribution is -2.30. The number of fused-ring (bicyclic) bond motifs is 2. The molecule has 40 heavy (non-hydrogen) atoms. The molecule has 0 radical (unpaired) electrons. The van der Waals surface area contributed by atoms with Gasteiger partial charge in [-0.1, -0.05) is 6.08 Å². The van der Waals surface area contributed by atoms with Crippen LogP contribution in [0.4, 0.5) is 16.0 Å². The molecule has 0 saturated carbocycles. The first kappa shape index (κ1) is 27.4. The summed E-state index contributed by atoms with van der Waals surface area (Å²) >= 11 is 0. The van der Waals surface area contributed by atoms with Crippen LogP contribution in [0.15, 0.2) is 48.4 Å². The van der Waals surface area contributed by atoms with Crippen LogP contribution < -0.4 is 11.5 Å². The molecule has 4 aromatic rings. The van der Waals surface area contributed by atoms with Gasteiger partial charge in [-0.05, 0) is 12.0 Å². The number of hydrogen-bond donors (Lipinski definition) is 8. The molecule has 16 nitrogen and oxygen atoms in total. The Balaban J connectivity index is 0.000000161. The van der Waals surface area contributed by atoms with Gasteiger partial charge in [0.05, 0.1) is 25.3 Å². The first-order valence-electron chi connectivity index (χ1n) is 12.1. The molecule has 4 heterocycles. The van der Waals surface area contributed by atoms with Gasteiger partial charge in [0.1, 0.15) is 60.0 Å². The summed E-state index contributed by atoms with van der Waals surface area (Å²) in [6, 6.07) is -1.70. The normalized spacial score (nSPS) is 26.4. The number of anilines is 2. The van der Waals surface area contributed by atoms with Crippen molar-refractivity contribution >= 4 is 34.0 Å². The van der Waals surface area contributed by atoms with Crippen molar-refractivity contribution in [1.29, 1.82) is 0 Å². The Labute approximate surface area is 224 Å². The summed E-state index contributed by atoms with van der Waals surface area (Å²) in [6.45, 7) is -0.757. The Morgan fingerprint density at radius 1 is 0.775 bits per heavy atom. The molecule has 17 heteroatoms. The zero-order chi connectivity index (χ0) is 28.7. The van der Waals surface area contributed by atoms with E-state index < -0.39 is 48.9 Å². The van der Waals surface area contributed by atoms with Gasteiger partial charge in [0.2, 0.25) is 0 Å². The van der Waals surface area contributed by atoms with E-state index in [9.17, 15) is 24.8 Å². The van der Waals surface area contributed by atoms with Crippen molar-refractivity contribution in [2.75, 3.05) is 24.7 Å². The number of aliphatic hydroxyl groups is 6. The highest BCUT2D eigenvalue weighted by atomic mass is 19.1. The third-order valence-corrected chi connectivity index (χ3v) is 6.97. The maximum absolute atomic E-state index is 14.2. The van der Waals surface area contributed by atoms with E-state index in [1.807, 2.05) is 0 Å². The summed E-state index contributed by atoms with van der Waals surface area (Å²) in [4.78, 5) is 23.8. The van der Waals surface area contributed by atoms with Gasteiger partial charge in [-0.3, -0.25) is 0 Å². The van der Waals surface area contributed by atoms with E-state index in [1.165, 1.54) is 29.9 Å². The van der Waals surface area contributed by atoms with Crippen molar-refractivity contribution in [3.63, 3.8) is 0 Å². The number of aromatic nitrogens is 8. The average Bonchev–Trinajstić information content (AvgIpc) is 3.67. The van der Waals surface area contributed by atoms with Crippen LogP contribution in [0, 0.1) is 0 Å². The van der Waals surface area contributed by atoms with Crippen molar-refractivity contribution in [2.45, 2.75) is 42.9 Å². The van der Waals surface area contributed by atoms with Crippen molar-refractivity contribution in [2.24, 2.45) is 0 Å². The predicted molar refractivity (Wildman–Crippen MR) is 137 cm³/mol. The first-order chi connectivity index (χ1) is 19.2. The molecule has 0 aliphatic heterocycles. The average molecular weight is 559 g/mol. The molecule has 0 bridgehead atoms. The molecule has 10 N–H and O–H groups in total. The second-order valence-electron chi connectivity index (χ2n) is 9.22. The second kappa shape index (κ2) is 10.8. The quantitative estimate of drug-likeness (QED) is 0.122. The molecule has 4 aromatic heterocycles. The van der Waals surface area contributed by atoms with Gasteiger partial charge in [0.25, 0.3) is 0 Å². The van der Waals surface area contributed by atoms with Gasteiger partial charge in [0, 0.05) is 12.2 Å². The predicted octanol–water partition coefficient (Wildman–Crippen LogP) is -2.11. The van der Waals surface area contributed by atoms with Gasteiger partial charge in [-0.25, -0.2) is 34.3 Å². The molecule has 6 unspecified atom stereocenters. The van der Waals surface area contributed by atoms with E-state index in [-0.39, 0.29) is 35.0 Å². The lowest BCUT2D eigenvalue weighted by molar-refractivity contribution is 0.0262. The Morgan fingerprint density at radius 3 is 1.90 bits per heavy atom. The van der Waals surface area contributed by atoms with Crippen LogP contribution in [-0.4, -0.2) is 107 Å². The lowest BCUT2D eigenvalue weighted by Gasteiger charge is -2.18. The molecule has 2 aliphatic carbocycles. The van der Waals surface area contributed by atoms with Crippen molar-refractivity contribution in [3.05, 3.63) is 48.4 Å². The van der Waals surface area contributed by atoms with Crippen molar-refractivity contribution in [1.82, 2.24) is 39.0 Å². The molecule has 0 saturated heterocycles. The van der Waals surface area contributed by atoms with Crippen molar-refractivity contribution < 1.29 is 35.0 Å². The third kappa shape index (κ3) is 4.43. The van der Waals surface area contributed by atoms with Crippen LogP contribution in [0.2, 0.25) is 0 Å². The maximum Gasteiger partial charge on any atom is 0.166 e. The lowest BCUT2D eigenvalue weighted by atomic mass is 10.1. The van der Waals surface area contributed by atoms with E-state index in [0.29, 0.717) is 23.2 Å². The monoisotopic (exact) mass is 558 g/mol. The van der Waals surface area contributed by atoms with Gasteiger partial charge >= 0.3 is 0 Å². The molecule has 0 amide bonds.